The number of rotatable bonds is 4. The van der Waals surface area contributed by atoms with Gasteiger partial charge in [0.2, 0.25) is 0 Å². The molecule has 0 heterocycles. The molecule has 0 amide bonds. The van der Waals surface area contributed by atoms with Crippen molar-refractivity contribution in [2.75, 3.05) is 11.4 Å². The highest BCUT2D eigenvalue weighted by Gasteiger charge is 2.14. The van der Waals surface area contributed by atoms with Crippen LogP contribution in [0.3, 0.4) is 0 Å². The van der Waals surface area contributed by atoms with Gasteiger partial charge >= 0.3 is 0 Å². The highest BCUT2D eigenvalue weighted by molar-refractivity contribution is 5.59. The van der Waals surface area contributed by atoms with Gasteiger partial charge in [0.1, 0.15) is 11.9 Å². The monoisotopic (exact) mass is 220 g/mol. The van der Waals surface area contributed by atoms with E-state index in [4.69, 9.17) is 5.26 Å². The Kier molecular flexibility index (Phi) is 4.30. The van der Waals surface area contributed by atoms with Crippen molar-refractivity contribution in [3.05, 3.63) is 29.6 Å². The van der Waals surface area contributed by atoms with Crippen LogP contribution in [0.5, 0.6) is 0 Å². The zero-order chi connectivity index (χ0) is 12.1. The molecule has 0 bridgehead atoms. The van der Waals surface area contributed by atoms with Crippen molar-refractivity contribution < 1.29 is 4.39 Å². The number of nitriles is 1. The van der Waals surface area contributed by atoms with Crippen molar-refractivity contribution in [3.8, 4) is 6.07 Å². The molecule has 2 nitrogen and oxygen atoms in total. The molecule has 0 saturated carbocycles. The summed E-state index contributed by atoms with van der Waals surface area (Å²) in [7, 11) is 0. The molecule has 0 radical (unpaired) electrons. The Morgan fingerprint density at radius 1 is 1.44 bits per heavy atom. The van der Waals surface area contributed by atoms with E-state index in [1.165, 1.54) is 12.1 Å². The van der Waals surface area contributed by atoms with Crippen LogP contribution < -0.4 is 4.90 Å². The molecule has 0 spiro atoms. The molecule has 0 aliphatic carbocycles. The summed E-state index contributed by atoms with van der Waals surface area (Å²) in [6.45, 7) is 7.10. The van der Waals surface area contributed by atoms with Crippen LogP contribution in [0.1, 0.15) is 32.8 Å². The van der Waals surface area contributed by atoms with Crippen LogP contribution in [0.2, 0.25) is 0 Å². The first-order valence-electron chi connectivity index (χ1n) is 5.56. The third-order valence-electron chi connectivity index (χ3n) is 2.48. The van der Waals surface area contributed by atoms with Gasteiger partial charge in [0.15, 0.2) is 0 Å². The van der Waals surface area contributed by atoms with Gasteiger partial charge < -0.3 is 4.90 Å². The fourth-order valence-corrected chi connectivity index (χ4v) is 1.75. The molecule has 3 heteroatoms. The fourth-order valence-electron chi connectivity index (χ4n) is 1.75. The summed E-state index contributed by atoms with van der Waals surface area (Å²) in [5.41, 5.74) is 1.22. The quantitative estimate of drug-likeness (QED) is 0.778. The van der Waals surface area contributed by atoms with Crippen molar-refractivity contribution in [1.82, 2.24) is 0 Å². The van der Waals surface area contributed by atoms with E-state index in [9.17, 15) is 4.39 Å². The van der Waals surface area contributed by atoms with Crippen LogP contribution >= 0.6 is 0 Å². The largest absolute Gasteiger partial charge is 0.368 e. The lowest BCUT2D eigenvalue weighted by atomic mass is 10.1. The van der Waals surface area contributed by atoms with Gasteiger partial charge in [-0.2, -0.15) is 5.26 Å². The Bertz CT molecular complexity index is 393. The number of halogens is 1. The van der Waals surface area contributed by atoms with Crippen LogP contribution in [0.4, 0.5) is 10.1 Å². The van der Waals surface area contributed by atoms with Crippen molar-refractivity contribution in [2.24, 2.45) is 0 Å². The minimum atomic E-state index is -0.361. The summed E-state index contributed by atoms with van der Waals surface area (Å²) in [5, 5.41) is 9.00. The minimum Gasteiger partial charge on any atom is -0.368 e. The Morgan fingerprint density at radius 2 is 2.12 bits per heavy atom. The second-order valence-corrected chi connectivity index (χ2v) is 4.06. The Hall–Kier alpha value is -1.56. The van der Waals surface area contributed by atoms with Gasteiger partial charge in [-0.05, 0) is 38.5 Å². The molecule has 0 unspecified atom stereocenters. The molecule has 1 rings (SSSR count). The third kappa shape index (κ3) is 2.73. The second-order valence-electron chi connectivity index (χ2n) is 4.06. The van der Waals surface area contributed by atoms with Crippen LogP contribution in [-0.4, -0.2) is 12.6 Å². The molecule has 0 aliphatic heterocycles. The van der Waals surface area contributed by atoms with Gasteiger partial charge in [-0.25, -0.2) is 4.39 Å². The third-order valence-corrected chi connectivity index (χ3v) is 2.48. The zero-order valence-corrected chi connectivity index (χ0v) is 10.00. The summed E-state index contributed by atoms with van der Waals surface area (Å²) in [6, 6.07) is 6.73. The second kappa shape index (κ2) is 5.50. The maximum absolute atomic E-state index is 13.0. The fraction of sp³-hybridized carbons (Fsp3) is 0.462. The molecule has 1 aromatic carbocycles. The van der Waals surface area contributed by atoms with E-state index in [1.54, 1.807) is 6.07 Å². The van der Waals surface area contributed by atoms with Crippen molar-refractivity contribution in [3.63, 3.8) is 0 Å². The van der Waals surface area contributed by atoms with Gasteiger partial charge in [-0.1, -0.05) is 6.92 Å². The van der Waals surface area contributed by atoms with Gasteiger partial charge in [0.25, 0.3) is 0 Å². The van der Waals surface area contributed by atoms with E-state index < -0.39 is 0 Å². The smallest absolute Gasteiger partial charge is 0.124 e. The maximum atomic E-state index is 13.0. The molecular weight excluding hydrogens is 203 g/mol. The maximum Gasteiger partial charge on any atom is 0.124 e. The molecule has 0 N–H and O–H groups in total. The van der Waals surface area contributed by atoms with Gasteiger partial charge in [-0.3, -0.25) is 0 Å². The predicted molar refractivity (Wildman–Crippen MR) is 63.9 cm³/mol. The summed E-state index contributed by atoms with van der Waals surface area (Å²) in [6.07, 6.45) is 1.00. The molecule has 1 aromatic rings. The molecule has 0 saturated heterocycles. The number of nitrogens with zero attached hydrogens (tertiary/aromatic N) is 2. The molecule has 86 valence electrons. The molecular formula is C13H17FN2. The predicted octanol–water partition coefficient (Wildman–Crippen LogP) is 3.32. The lowest BCUT2D eigenvalue weighted by Crippen LogP contribution is -2.32. The first-order valence-corrected chi connectivity index (χ1v) is 5.56. The van der Waals surface area contributed by atoms with Crippen molar-refractivity contribution >= 4 is 5.69 Å². The average Bonchev–Trinajstić information content (AvgIpc) is 2.26. The number of anilines is 1. The summed E-state index contributed by atoms with van der Waals surface area (Å²) >= 11 is 0. The summed E-state index contributed by atoms with van der Waals surface area (Å²) in [4.78, 5) is 2.12. The molecule has 0 atom stereocenters. The van der Waals surface area contributed by atoms with E-state index in [0.29, 0.717) is 11.6 Å². The van der Waals surface area contributed by atoms with Gasteiger partial charge in [0, 0.05) is 12.6 Å². The van der Waals surface area contributed by atoms with Gasteiger partial charge in [-0.15, -0.1) is 0 Å². The van der Waals surface area contributed by atoms with E-state index in [2.05, 4.69) is 25.7 Å². The Balaban J connectivity index is 3.14. The van der Waals surface area contributed by atoms with Crippen molar-refractivity contribution in [1.29, 1.82) is 5.26 Å². The van der Waals surface area contributed by atoms with Crippen molar-refractivity contribution in [2.45, 2.75) is 33.2 Å². The van der Waals surface area contributed by atoms with Crippen LogP contribution in [0, 0.1) is 17.1 Å². The van der Waals surface area contributed by atoms with Crippen LogP contribution in [0.15, 0.2) is 18.2 Å². The Morgan fingerprint density at radius 3 is 2.62 bits per heavy atom. The van der Waals surface area contributed by atoms with Gasteiger partial charge in [0.05, 0.1) is 11.3 Å². The van der Waals surface area contributed by atoms with E-state index in [-0.39, 0.29) is 5.82 Å². The number of hydrogen-bond acceptors (Lipinski definition) is 2. The van der Waals surface area contributed by atoms with E-state index >= 15 is 0 Å². The number of hydrogen-bond donors (Lipinski definition) is 0. The Labute approximate surface area is 96.3 Å². The molecule has 0 aliphatic rings. The highest BCUT2D eigenvalue weighted by atomic mass is 19.1. The molecule has 0 aromatic heterocycles. The molecule has 0 fully saturated rings. The zero-order valence-electron chi connectivity index (χ0n) is 10.00. The lowest BCUT2D eigenvalue weighted by molar-refractivity contribution is 0.624. The van der Waals surface area contributed by atoms with Crippen LogP contribution in [-0.2, 0) is 0 Å². The highest BCUT2D eigenvalue weighted by Crippen LogP contribution is 2.23. The average molecular weight is 220 g/mol. The topological polar surface area (TPSA) is 27.0 Å². The van der Waals surface area contributed by atoms with E-state index in [1.807, 2.05) is 6.07 Å². The van der Waals surface area contributed by atoms with Crippen LogP contribution in [0.25, 0.3) is 0 Å². The minimum absolute atomic E-state index is 0.303. The SMILES string of the molecule is CCCN(c1ccc(F)cc1C#N)C(C)C. The summed E-state index contributed by atoms with van der Waals surface area (Å²) in [5.74, 6) is -0.361. The standard InChI is InChI=1S/C13H17FN2/c1-4-7-16(10(2)3)13-6-5-12(14)8-11(13)9-15/h5-6,8,10H,4,7H2,1-3H3. The van der Waals surface area contributed by atoms with E-state index in [0.717, 1.165) is 18.7 Å². The first-order chi connectivity index (χ1) is 7.60. The molecule has 16 heavy (non-hydrogen) atoms. The first kappa shape index (κ1) is 12.5. The normalized spacial score (nSPS) is 10.2. The lowest BCUT2D eigenvalue weighted by Gasteiger charge is -2.29. The summed E-state index contributed by atoms with van der Waals surface area (Å²) < 4.78 is 13.0. The number of benzene rings is 1.